The summed E-state index contributed by atoms with van der Waals surface area (Å²) in [5.74, 6) is 0.935. The molecule has 1 aromatic rings. The number of nitro groups is 1. The Labute approximate surface area is 112 Å². The summed E-state index contributed by atoms with van der Waals surface area (Å²) < 4.78 is 5.28. The molecule has 0 aliphatic carbocycles. The van der Waals surface area contributed by atoms with Crippen molar-refractivity contribution in [3.05, 3.63) is 22.2 Å². The lowest BCUT2D eigenvalue weighted by atomic mass is 10.1. The fraction of sp³-hybridized carbons (Fsp3) is 0.583. The molecule has 0 atom stereocenters. The van der Waals surface area contributed by atoms with Gasteiger partial charge in [0.05, 0.1) is 22.7 Å². The van der Waals surface area contributed by atoms with Crippen molar-refractivity contribution in [3.63, 3.8) is 0 Å². The maximum atomic E-state index is 10.9. The lowest BCUT2D eigenvalue weighted by Crippen LogP contribution is -2.32. The van der Waals surface area contributed by atoms with Crippen molar-refractivity contribution in [2.75, 3.05) is 30.8 Å². The normalized spacial score (nSPS) is 11.2. The third-order valence-electron chi connectivity index (χ3n) is 2.63. The zero-order chi connectivity index (χ0) is 14.5. The van der Waals surface area contributed by atoms with Crippen LogP contribution < -0.4 is 10.6 Å². The Morgan fingerprint density at radius 1 is 1.37 bits per heavy atom. The smallest absolute Gasteiger partial charge is 0.276 e. The maximum absolute atomic E-state index is 10.9. The molecular formula is C12H20N4O3. The molecular weight excluding hydrogens is 248 g/mol. The fourth-order valence-electron chi connectivity index (χ4n) is 1.36. The van der Waals surface area contributed by atoms with Crippen LogP contribution in [0.2, 0.25) is 0 Å². The molecule has 0 saturated carbocycles. The molecule has 1 aromatic heterocycles. The summed E-state index contributed by atoms with van der Waals surface area (Å²) in [6.45, 7) is 6.90. The summed E-state index contributed by atoms with van der Waals surface area (Å²) in [5.41, 5.74) is -0.367. The SMILES string of the molecule is CCNc1cc([N+](=O)[O-])cc(NCC(C)(C)OC)n1. The van der Waals surface area contributed by atoms with E-state index >= 15 is 0 Å². The van der Waals surface area contributed by atoms with E-state index in [-0.39, 0.29) is 11.3 Å². The Morgan fingerprint density at radius 2 is 1.95 bits per heavy atom. The van der Waals surface area contributed by atoms with Gasteiger partial charge in [0.15, 0.2) is 0 Å². The van der Waals surface area contributed by atoms with E-state index in [0.717, 1.165) is 0 Å². The Balaban J connectivity index is 2.90. The summed E-state index contributed by atoms with van der Waals surface area (Å²) in [7, 11) is 1.62. The number of anilines is 2. The van der Waals surface area contributed by atoms with Crippen molar-refractivity contribution in [3.8, 4) is 0 Å². The molecule has 1 heterocycles. The van der Waals surface area contributed by atoms with Crippen LogP contribution in [0.25, 0.3) is 0 Å². The number of hydrogen-bond acceptors (Lipinski definition) is 6. The lowest BCUT2D eigenvalue weighted by molar-refractivity contribution is -0.384. The van der Waals surface area contributed by atoms with Crippen LogP contribution in [0.15, 0.2) is 12.1 Å². The van der Waals surface area contributed by atoms with Gasteiger partial charge >= 0.3 is 0 Å². The molecule has 0 aromatic carbocycles. The van der Waals surface area contributed by atoms with Gasteiger partial charge in [0.2, 0.25) is 0 Å². The van der Waals surface area contributed by atoms with Crippen molar-refractivity contribution in [2.45, 2.75) is 26.4 Å². The van der Waals surface area contributed by atoms with Crippen LogP contribution in [-0.2, 0) is 4.74 Å². The van der Waals surface area contributed by atoms with Crippen LogP contribution in [0, 0.1) is 10.1 Å². The molecule has 19 heavy (non-hydrogen) atoms. The zero-order valence-corrected chi connectivity index (χ0v) is 11.7. The highest BCUT2D eigenvalue weighted by molar-refractivity contribution is 5.54. The van der Waals surface area contributed by atoms with Gasteiger partial charge < -0.3 is 15.4 Å². The number of nitrogens with zero attached hydrogens (tertiary/aromatic N) is 2. The van der Waals surface area contributed by atoms with Gasteiger partial charge in [0, 0.05) is 20.2 Å². The fourth-order valence-corrected chi connectivity index (χ4v) is 1.36. The molecule has 7 heteroatoms. The molecule has 1 rings (SSSR count). The van der Waals surface area contributed by atoms with Crippen LogP contribution in [0.5, 0.6) is 0 Å². The van der Waals surface area contributed by atoms with Gasteiger partial charge in [-0.3, -0.25) is 10.1 Å². The number of nitrogens with one attached hydrogen (secondary N) is 2. The number of aromatic nitrogens is 1. The second-order valence-electron chi connectivity index (χ2n) is 4.70. The van der Waals surface area contributed by atoms with Crippen molar-refractivity contribution >= 4 is 17.3 Å². The average molecular weight is 268 g/mol. The third kappa shape index (κ3) is 4.70. The minimum atomic E-state index is -0.435. The first-order valence-electron chi connectivity index (χ1n) is 6.07. The summed E-state index contributed by atoms with van der Waals surface area (Å²) in [5, 5.41) is 16.9. The first kappa shape index (κ1) is 15.2. The molecule has 106 valence electrons. The zero-order valence-electron chi connectivity index (χ0n) is 11.7. The van der Waals surface area contributed by atoms with Crippen molar-refractivity contribution in [2.24, 2.45) is 0 Å². The van der Waals surface area contributed by atoms with Crippen LogP contribution in [0.3, 0.4) is 0 Å². The largest absolute Gasteiger partial charge is 0.377 e. The summed E-state index contributed by atoms with van der Waals surface area (Å²) >= 11 is 0. The van der Waals surface area contributed by atoms with Crippen LogP contribution in [-0.4, -0.2) is 35.7 Å². The first-order chi connectivity index (χ1) is 8.88. The molecule has 2 N–H and O–H groups in total. The van der Waals surface area contributed by atoms with Gasteiger partial charge in [-0.25, -0.2) is 4.98 Å². The van der Waals surface area contributed by atoms with Gasteiger partial charge in [0.25, 0.3) is 5.69 Å². The minimum Gasteiger partial charge on any atom is -0.377 e. The summed E-state index contributed by atoms with van der Waals surface area (Å²) in [6.07, 6.45) is 0. The number of methoxy groups -OCH3 is 1. The Bertz CT molecular complexity index is 449. The molecule has 0 bridgehead atoms. The quantitative estimate of drug-likeness (QED) is 0.582. The van der Waals surface area contributed by atoms with E-state index in [1.54, 1.807) is 7.11 Å². The molecule has 0 fully saturated rings. The molecule has 0 amide bonds. The van der Waals surface area contributed by atoms with Crippen molar-refractivity contribution in [1.82, 2.24) is 4.98 Å². The molecule has 0 aliphatic heterocycles. The monoisotopic (exact) mass is 268 g/mol. The van der Waals surface area contributed by atoms with Gasteiger partial charge in [-0.15, -0.1) is 0 Å². The van der Waals surface area contributed by atoms with Crippen molar-refractivity contribution < 1.29 is 9.66 Å². The van der Waals surface area contributed by atoms with E-state index in [2.05, 4.69) is 15.6 Å². The standard InChI is InChI=1S/C12H20N4O3/c1-5-13-10-6-9(16(17)18)7-11(15-10)14-8-12(2,3)19-4/h6-7H,5,8H2,1-4H3,(H2,13,14,15). The van der Waals surface area contributed by atoms with Crippen LogP contribution in [0.1, 0.15) is 20.8 Å². The maximum Gasteiger partial charge on any atom is 0.276 e. The Kier molecular flexibility index (Phi) is 5.05. The molecule has 0 saturated heterocycles. The second-order valence-corrected chi connectivity index (χ2v) is 4.70. The molecule has 0 radical (unpaired) electrons. The van der Waals surface area contributed by atoms with E-state index in [1.165, 1.54) is 12.1 Å². The minimum absolute atomic E-state index is 0.00340. The molecule has 0 spiro atoms. The van der Waals surface area contributed by atoms with Gasteiger partial charge in [-0.1, -0.05) is 0 Å². The van der Waals surface area contributed by atoms with E-state index in [1.807, 2.05) is 20.8 Å². The second kappa shape index (κ2) is 6.33. The molecule has 7 nitrogen and oxygen atoms in total. The summed E-state index contributed by atoms with van der Waals surface area (Å²) in [4.78, 5) is 14.7. The predicted octanol–water partition coefficient (Wildman–Crippen LogP) is 2.26. The van der Waals surface area contributed by atoms with E-state index < -0.39 is 4.92 Å². The number of pyridine rings is 1. The topological polar surface area (TPSA) is 89.3 Å². The summed E-state index contributed by atoms with van der Waals surface area (Å²) in [6, 6.07) is 2.82. The van der Waals surface area contributed by atoms with Gasteiger partial charge in [-0.05, 0) is 20.8 Å². The third-order valence-corrected chi connectivity index (χ3v) is 2.63. The molecule has 0 unspecified atom stereocenters. The highest BCUT2D eigenvalue weighted by atomic mass is 16.6. The first-order valence-corrected chi connectivity index (χ1v) is 6.07. The lowest BCUT2D eigenvalue weighted by Gasteiger charge is -2.23. The van der Waals surface area contributed by atoms with Crippen LogP contribution in [0.4, 0.5) is 17.3 Å². The van der Waals surface area contributed by atoms with Crippen molar-refractivity contribution in [1.29, 1.82) is 0 Å². The number of hydrogen-bond donors (Lipinski definition) is 2. The number of ether oxygens (including phenoxy) is 1. The van der Waals surface area contributed by atoms with Gasteiger partial charge in [0.1, 0.15) is 11.6 Å². The Morgan fingerprint density at radius 3 is 2.42 bits per heavy atom. The predicted molar refractivity (Wildman–Crippen MR) is 74.6 cm³/mol. The highest BCUT2D eigenvalue weighted by Crippen LogP contribution is 2.21. The molecule has 0 aliphatic rings. The van der Waals surface area contributed by atoms with E-state index in [4.69, 9.17) is 4.74 Å². The number of rotatable bonds is 7. The highest BCUT2D eigenvalue weighted by Gasteiger charge is 2.17. The Hall–Kier alpha value is -1.89. The van der Waals surface area contributed by atoms with Crippen LogP contribution >= 0.6 is 0 Å². The van der Waals surface area contributed by atoms with E-state index in [9.17, 15) is 10.1 Å². The average Bonchev–Trinajstić information content (AvgIpc) is 2.37. The van der Waals surface area contributed by atoms with Gasteiger partial charge in [-0.2, -0.15) is 0 Å². The van der Waals surface area contributed by atoms with E-state index in [0.29, 0.717) is 24.7 Å².